The van der Waals surface area contributed by atoms with Crippen LogP contribution in [0.25, 0.3) is 21.8 Å². The van der Waals surface area contributed by atoms with Crippen LogP contribution in [0.1, 0.15) is 78.4 Å². The van der Waals surface area contributed by atoms with Crippen molar-refractivity contribution in [1.29, 1.82) is 0 Å². The van der Waals surface area contributed by atoms with Crippen molar-refractivity contribution in [2.45, 2.75) is 103 Å². The second-order valence-electron chi connectivity index (χ2n) is 16.1. The van der Waals surface area contributed by atoms with Gasteiger partial charge in [-0.25, -0.2) is 9.59 Å². The number of carbonyl (C=O) groups is 3. The first-order valence-electron chi connectivity index (χ1n) is 19.8. The summed E-state index contributed by atoms with van der Waals surface area (Å²) in [4.78, 5) is 44.9. The Bertz CT molecular complexity index is 1770. The number of H-pyrrole nitrogens is 2. The topological polar surface area (TPSA) is 173 Å². The van der Waals surface area contributed by atoms with Gasteiger partial charge in [-0.05, 0) is 130 Å². The molecule has 0 aliphatic carbocycles. The Labute approximate surface area is 326 Å². The number of rotatable bonds is 22. The number of para-hydroxylation sites is 2. The van der Waals surface area contributed by atoms with E-state index in [-0.39, 0.29) is 11.9 Å². The van der Waals surface area contributed by atoms with E-state index in [1.54, 1.807) is 20.8 Å². The van der Waals surface area contributed by atoms with Crippen molar-refractivity contribution >= 4 is 39.9 Å². The van der Waals surface area contributed by atoms with Crippen molar-refractivity contribution < 1.29 is 23.9 Å². The first-order chi connectivity index (χ1) is 26.3. The van der Waals surface area contributed by atoms with Gasteiger partial charge >= 0.3 is 12.2 Å². The summed E-state index contributed by atoms with van der Waals surface area (Å²) in [6.07, 6.45) is 7.80. The molecule has 4 aromatic rings. The highest BCUT2D eigenvalue weighted by atomic mass is 16.6. The zero-order valence-corrected chi connectivity index (χ0v) is 33.7. The normalized spacial score (nSPS) is 13.1. The quantitative estimate of drug-likeness (QED) is 0.0474. The number of fused-ring (bicyclic) bond motifs is 2. The number of benzene rings is 2. The lowest BCUT2D eigenvalue weighted by Gasteiger charge is -2.24. The number of nitrogens with one attached hydrogen (secondary N) is 8. The number of hydrogen-bond donors (Lipinski definition) is 8. The van der Waals surface area contributed by atoms with Crippen LogP contribution < -0.4 is 31.9 Å². The Balaban J connectivity index is 1.05. The molecule has 0 spiro atoms. The molecule has 55 heavy (non-hydrogen) atoms. The molecule has 2 aromatic carbocycles. The van der Waals surface area contributed by atoms with Crippen molar-refractivity contribution in [2.75, 3.05) is 45.8 Å². The molecule has 0 saturated heterocycles. The minimum Gasteiger partial charge on any atom is -0.444 e. The van der Waals surface area contributed by atoms with Gasteiger partial charge in [0.05, 0.1) is 0 Å². The van der Waals surface area contributed by atoms with Crippen molar-refractivity contribution in [1.82, 2.24) is 41.9 Å². The zero-order chi connectivity index (χ0) is 39.7. The van der Waals surface area contributed by atoms with Crippen molar-refractivity contribution in [2.24, 2.45) is 0 Å². The monoisotopic (exact) mass is 760 g/mol. The van der Waals surface area contributed by atoms with Crippen LogP contribution in [0, 0.1) is 0 Å². The van der Waals surface area contributed by atoms with E-state index in [4.69, 9.17) is 9.47 Å². The van der Waals surface area contributed by atoms with Gasteiger partial charge in [0.25, 0.3) is 0 Å². The van der Waals surface area contributed by atoms with Crippen LogP contribution in [-0.2, 0) is 27.1 Å². The largest absolute Gasteiger partial charge is 0.444 e. The fourth-order valence-electron chi connectivity index (χ4n) is 6.31. The molecule has 0 saturated carbocycles. The van der Waals surface area contributed by atoms with Gasteiger partial charge in [0.1, 0.15) is 17.2 Å². The standard InChI is InChI=1S/C42H64N8O5/c1-41(2,3)54-39(52)49-32(25-30-27-47-35-17-9-7-15-33(30)35)29-45-23-13-21-43-19-11-12-20-44-22-14-24-46-38(51)37(50-40(53)55-42(4,5)6)26-31-28-48-36-18-10-8-16-34(31)36/h7-10,15-18,27-28,32,37,43-45,47-48H,11-14,19-26,29H2,1-6H3,(H,46,51)(H,49,52)(H,50,53)/t32-,37-/m1/s1. The SMILES string of the molecule is CC(C)(C)OC(=O)N[C@@H](CNCCCNCCCCNCCCNC(=O)[C@@H](Cc1c[nH]c2ccccc12)NC(=O)OC(C)(C)C)Cc1c[nH]c2ccccc12. The van der Waals surface area contributed by atoms with Crippen molar-refractivity contribution in [3.8, 4) is 0 Å². The Hall–Kier alpha value is -4.59. The Morgan fingerprint density at radius 2 is 1.07 bits per heavy atom. The predicted molar refractivity (Wildman–Crippen MR) is 220 cm³/mol. The van der Waals surface area contributed by atoms with Crippen molar-refractivity contribution in [3.63, 3.8) is 0 Å². The molecule has 13 nitrogen and oxygen atoms in total. The highest BCUT2D eigenvalue weighted by molar-refractivity contribution is 5.88. The number of carbonyl (C=O) groups excluding carboxylic acids is 3. The summed E-state index contributed by atoms with van der Waals surface area (Å²) in [6, 6.07) is 15.2. The third-order valence-corrected chi connectivity index (χ3v) is 8.85. The van der Waals surface area contributed by atoms with Gasteiger partial charge in [-0.15, -0.1) is 0 Å². The summed E-state index contributed by atoms with van der Waals surface area (Å²) in [5, 5.41) is 21.5. The fourth-order valence-corrected chi connectivity index (χ4v) is 6.31. The maximum atomic E-state index is 13.2. The summed E-state index contributed by atoms with van der Waals surface area (Å²) in [5.41, 5.74) is 2.97. The molecule has 0 radical (unpaired) electrons. The van der Waals surface area contributed by atoms with Crippen LogP contribution in [-0.4, -0.2) is 97.2 Å². The molecular weight excluding hydrogens is 697 g/mol. The molecule has 2 aromatic heterocycles. The van der Waals surface area contributed by atoms with E-state index in [0.29, 0.717) is 25.9 Å². The number of aromatic nitrogens is 2. The van der Waals surface area contributed by atoms with Crippen LogP contribution in [0.3, 0.4) is 0 Å². The van der Waals surface area contributed by atoms with Gasteiger partial charge in [-0.3, -0.25) is 4.79 Å². The second kappa shape index (κ2) is 21.5. The minimum atomic E-state index is -0.764. The van der Waals surface area contributed by atoms with Gasteiger partial charge < -0.3 is 51.3 Å². The van der Waals surface area contributed by atoms with Crippen LogP contribution in [0.2, 0.25) is 0 Å². The average molecular weight is 761 g/mol. The van der Waals surface area contributed by atoms with E-state index in [0.717, 1.165) is 86.0 Å². The maximum Gasteiger partial charge on any atom is 0.408 e. The van der Waals surface area contributed by atoms with Crippen LogP contribution in [0.4, 0.5) is 9.59 Å². The second-order valence-corrected chi connectivity index (χ2v) is 16.1. The Morgan fingerprint density at radius 1 is 0.600 bits per heavy atom. The van der Waals surface area contributed by atoms with E-state index < -0.39 is 29.4 Å². The van der Waals surface area contributed by atoms with E-state index in [9.17, 15) is 14.4 Å². The highest BCUT2D eigenvalue weighted by Gasteiger charge is 2.26. The van der Waals surface area contributed by atoms with Gasteiger partial charge in [-0.2, -0.15) is 0 Å². The van der Waals surface area contributed by atoms with Crippen LogP contribution >= 0.6 is 0 Å². The summed E-state index contributed by atoms with van der Waals surface area (Å²) in [5.74, 6) is -0.236. The summed E-state index contributed by atoms with van der Waals surface area (Å²) < 4.78 is 11.0. The summed E-state index contributed by atoms with van der Waals surface area (Å²) >= 11 is 0. The molecular formula is C42H64N8O5. The lowest BCUT2D eigenvalue weighted by atomic mass is 10.0. The lowest BCUT2D eigenvalue weighted by Crippen LogP contribution is -2.49. The molecule has 0 fully saturated rings. The van der Waals surface area contributed by atoms with Crippen LogP contribution in [0.5, 0.6) is 0 Å². The highest BCUT2D eigenvalue weighted by Crippen LogP contribution is 2.21. The fraction of sp³-hybridized carbons (Fsp3) is 0.548. The molecule has 302 valence electrons. The predicted octanol–water partition coefficient (Wildman–Crippen LogP) is 5.67. The number of alkyl carbamates (subject to hydrolysis) is 2. The molecule has 2 heterocycles. The molecule has 8 N–H and O–H groups in total. The van der Waals surface area contributed by atoms with Crippen molar-refractivity contribution in [3.05, 3.63) is 72.1 Å². The maximum absolute atomic E-state index is 13.2. The van der Waals surface area contributed by atoms with Gasteiger partial charge in [0.2, 0.25) is 5.91 Å². The first kappa shape index (κ1) is 43.1. The summed E-state index contributed by atoms with van der Waals surface area (Å²) in [7, 11) is 0. The smallest absolute Gasteiger partial charge is 0.408 e. The minimum absolute atomic E-state index is 0.111. The molecule has 0 bridgehead atoms. The number of aromatic amines is 2. The van der Waals surface area contributed by atoms with Crippen LogP contribution in [0.15, 0.2) is 60.9 Å². The lowest BCUT2D eigenvalue weighted by molar-refractivity contribution is -0.123. The Kier molecular flexibility index (Phi) is 16.9. The number of hydrogen-bond acceptors (Lipinski definition) is 8. The van der Waals surface area contributed by atoms with E-state index in [1.807, 2.05) is 69.6 Å². The molecule has 3 amide bonds. The third kappa shape index (κ3) is 16.0. The number of ether oxygens (including phenoxy) is 2. The number of unbranched alkanes of at least 4 members (excludes halogenated alkanes) is 1. The summed E-state index contributed by atoms with van der Waals surface area (Å²) in [6.45, 7) is 16.5. The van der Waals surface area contributed by atoms with Gasteiger partial charge in [0.15, 0.2) is 0 Å². The zero-order valence-electron chi connectivity index (χ0n) is 33.7. The van der Waals surface area contributed by atoms with E-state index >= 15 is 0 Å². The Morgan fingerprint density at radius 3 is 1.64 bits per heavy atom. The molecule has 2 atom stereocenters. The molecule has 0 unspecified atom stereocenters. The molecule has 0 aliphatic heterocycles. The number of amides is 3. The van der Waals surface area contributed by atoms with Gasteiger partial charge in [-0.1, -0.05) is 36.4 Å². The first-order valence-corrected chi connectivity index (χ1v) is 19.8. The molecule has 13 heteroatoms. The average Bonchev–Trinajstić information content (AvgIpc) is 3.71. The third-order valence-electron chi connectivity index (χ3n) is 8.85. The molecule has 4 rings (SSSR count). The van der Waals surface area contributed by atoms with E-state index in [2.05, 4.69) is 54.0 Å². The van der Waals surface area contributed by atoms with E-state index in [1.165, 1.54) is 5.39 Å². The van der Waals surface area contributed by atoms with Gasteiger partial charge in [0, 0.05) is 59.8 Å². The molecule has 0 aliphatic rings.